The number of aryl methyl sites for hydroxylation is 2. The molecule has 0 radical (unpaired) electrons. The molecule has 0 saturated carbocycles. The van der Waals surface area contributed by atoms with Crippen molar-refractivity contribution in [3.8, 4) is 0 Å². The second-order valence-electron chi connectivity index (χ2n) is 4.09. The van der Waals surface area contributed by atoms with Crippen LogP contribution >= 0.6 is 0 Å². The Hall–Kier alpha value is -1.27. The fraction of sp³-hybridized carbons (Fsp3) is 0.750. The lowest BCUT2D eigenvalue weighted by atomic mass is 10.2. The minimum absolute atomic E-state index is 0.115. The lowest BCUT2D eigenvalue weighted by Gasteiger charge is -2.16. The summed E-state index contributed by atoms with van der Waals surface area (Å²) in [7, 11) is 1.68. The molecule has 1 aromatic rings. The van der Waals surface area contributed by atoms with Gasteiger partial charge in [-0.25, -0.2) is 4.98 Å². The van der Waals surface area contributed by atoms with Gasteiger partial charge in [0.1, 0.15) is 0 Å². The Bertz CT molecular complexity index is 358. The zero-order valence-electron chi connectivity index (χ0n) is 11.4. The smallest absolute Gasteiger partial charge is 0.243 e. The van der Waals surface area contributed by atoms with Gasteiger partial charge in [0.2, 0.25) is 5.95 Å². The number of hydrogen-bond donors (Lipinski definition) is 2. The molecule has 102 valence electrons. The van der Waals surface area contributed by atoms with Gasteiger partial charge in [-0.1, -0.05) is 13.8 Å². The molecule has 0 fully saturated rings. The topological polar surface area (TPSA) is 86.0 Å². The predicted molar refractivity (Wildman–Crippen MR) is 71.5 cm³/mol. The van der Waals surface area contributed by atoms with Crippen molar-refractivity contribution in [3.63, 3.8) is 0 Å². The Morgan fingerprint density at radius 3 is 2.50 bits per heavy atom. The average molecular weight is 253 g/mol. The SMILES string of the molecule is CCc1nnc(NC(CN)CCOC)nc1CC. The third-order valence-electron chi connectivity index (χ3n) is 2.80. The van der Waals surface area contributed by atoms with Crippen molar-refractivity contribution >= 4 is 5.95 Å². The first-order valence-electron chi connectivity index (χ1n) is 6.43. The molecule has 1 rings (SSSR count). The molecule has 1 unspecified atom stereocenters. The third-order valence-corrected chi connectivity index (χ3v) is 2.80. The lowest BCUT2D eigenvalue weighted by molar-refractivity contribution is 0.190. The van der Waals surface area contributed by atoms with Gasteiger partial charge in [-0.05, 0) is 19.3 Å². The van der Waals surface area contributed by atoms with Gasteiger partial charge in [-0.2, -0.15) is 5.10 Å². The Morgan fingerprint density at radius 1 is 1.22 bits per heavy atom. The maximum atomic E-state index is 5.69. The highest BCUT2D eigenvalue weighted by Crippen LogP contribution is 2.08. The first-order valence-corrected chi connectivity index (χ1v) is 6.43. The number of hydrogen-bond acceptors (Lipinski definition) is 6. The molecule has 1 atom stereocenters. The van der Waals surface area contributed by atoms with E-state index in [0.717, 1.165) is 30.7 Å². The highest BCUT2D eigenvalue weighted by atomic mass is 16.5. The van der Waals surface area contributed by atoms with Crippen LogP contribution in [0.25, 0.3) is 0 Å². The van der Waals surface area contributed by atoms with Crippen LogP contribution in [0.3, 0.4) is 0 Å². The maximum absolute atomic E-state index is 5.69. The molecular formula is C12H23N5O. The van der Waals surface area contributed by atoms with Gasteiger partial charge in [0.15, 0.2) is 0 Å². The molecule has 0 saturated heterocycles. The number of methoxy groups -OCH3 is 1. The molecule has 6 heteroatoms. The van der Waals surface area contributed by atoms with E-state index in [0.29, 0.717) is 19.1 Å². The molecule has 0 aliphatic carbocycles. The molecular weight excluding hydrogens is 230 g/mol. The zero-order valence-corrected chi connectivity index (χ0v) is 11.4. The number of nitrogens with two attached hydrogens (primary N) is 1. The van der Waals surface area contributed by atoms with E-state index < -0.39 is 0 Å². The lowest BCUT2D eigenvalue weighted by Crippen LogP contribution is -2.31. The van der Waals surface area contributed by atoms with Crippen molar-refractivity contribution in [1.29, 1.82) is 0 Å². The highest BCUT2D eigenvalue weighted by Gasteiger charge is 2.10. The number of nitrogens with one attached hydrogen (secondary N) is 1. The second kappa shape index (κ2) is 7.94. The van der Waals surface area contributed by atoms with Crippen LogP contribution in [0, 0.1) is 0 Å². The van der Waals surface area contributed by atoms with Crippen molar-refractivity contribution in [3.05, 3.63) is 11.4 Å². The minimum Gasteiger partial charge on any atom is -0.385 e. The van der Waals surface area contributed by atoms with Crippen molar-refractivity contribution in [2.75, 3.05) is 25.6 Å². The molecule has 18 heavy (non-hydrogen) atoms. The summed E-state index contributed by atoms with van der Waals surface area (Å²) < 4.78 is 5.04. The summed E-state index contributed by atoms with van der Waals surface area (Å²) >= 11 is 0. The fourth-order valence-corrected chi connectivity index (χ4v) is 1.69. The average Bonchev–Trinajstić information content (AvgIpc) is 2.43. The summed E-state index contributed by atoms with van der Waals surface area (Å²) in [4.78, 5) is 4.48. The van der Waals surface area contributed by atoms with E-state index in [4.69, 9.17) is 10.5 Å². The van der Waals surface area contributed by atoms with Crippen LogP contribution in [-0.4, -0.2) is 41.5 Å². The molecule has 0 bridgehead atoms. The number of aromatic nitrogens is 3. The minimum atomic E-state index is 0.115. The van der Waals surface area contributed by atoms with E-state index in [1.54, 1.807) is 7.11 Å². The van der Waals surface area contributed by atoms with Crippen molar-refractivity contribution in [2.45, 2.75) is 39.2 Å². The molecule has 0 aliphatic rings. The molecule has 6 nitrogen and oxygen atoms in total. The Balaban J connectivity index is 2.71. The molecule has 0 aliphatic heterocycles. The van der Waals surface area contributed by atoms with Crippen molar-refractivity contribution < 1.29 is 4.74 Å². The summed E-state index contributed by atoms with van der Waals surface area (Å²) in [5.41, 5.74) is 7.65. The molecule has 1 aromatic heterocycles. The standard InChI is InChI=1S/C12H23N5O/c1-4-10-11(5-2)16-17-12(15-10)14-9(8-13)6-7-18-3/h9H,4-8,13H2,1-3H3,(H,14,15,17). The molecule has 0 amide bonds. The van der Waals surface area contributed by atoms with Crippen molar-refractivity contribution in [2.24, 2.45) is 5.73 Å². The van der Waals surface area contributed by atoms with Crippen LogP contribution in [-0.2, 0) is 17.6 Å². The summed E-state index contributed by atoms with van der Waals surface area (Å²) in [6.07, 6.45) is 2.54. The van der Waals surface area contributed by atoms with E-state index in [1.807, 2.05) is 0 Å². The summed E-state index contributed by atoms with van der Waals surface area (Å²) in [5, 5.41) is 11.5. The van der Waals surface area contributed by atoms with Crippen LogP contribution in [0.2, 0.25) is 0 Å². The Labute approximate surface area is 108 Å². The summed E-state index contributed by atoms with van der Waals surface area (Å²) in [5.74, 6) is 0.551. The van der Waals surface area contributed by atoms with E-state index in [-0.39, 0.29) is 6.04 Å². The third kappa shape index (κ3) is 4.19. The monoisotopic (exact) mass is 253 g/mol. The number of anilines is 1. The normalized spacial score (nSPS) is 12.4. The first-order chi connectivity index (χ1) is 8.74. The van der Waals surface area contributed by atoms with Gasteiger partial charge in [0.25, 0.3) is 0 Å². The van der Waals surface area contributed by atoms with Crippen LogP contribution in [0.4, 0.5) is 5.95 Å². The van der Waals surface area contributed by atoms with Crippen LogP contribution < -0.4 is 11.1 Å². The van der Waals surface area contributed by atoms with Gasteiger partial charge >= 0.3 is 0 Å². The largest absolute Gasteiger partial charge is 0.385 e. The van der Waals surface area contributed by atoms with Gasteiger partial charge in [-0.3, -0.25) is 0 Å². The molecule has 3 N–H and O–H groups in total. The molecule has 0 spiro atoms. The highest BCUT2D eigenvalue weighted by molar-refractivity contribution is 5.27. The van der Waals surface area contributed by atoms with Crippen molar-refractivity contribution in [1.82, 2.24) is 15.2 Å². The van der Waals surface area contributed by atoms with Crippen LogP contribution in [0.5, 0.6) is 0 Å². The van der Waals surface area contributed by atoms with E-state index in [2.05, 4.69) is 34.3 Å². The number of rotatable bonds is 8. The Kier molecular flexibility index (Phi) is 6.53. The molecule has 0 aromatic carbocycles. The quantitative estimate of drug-likeness (QED) is 0.712. The first kappa shape index (κ1) is 14.8. The van der Waals surface area contributed by atoms with Gasteiger partial charge < -0.3 is 15.8 Å². The van der Waals surface area contributed by atoms with Crippen LogP contribution in [0.15, 0.2) is 0 Å². The van der Waals surface area contributed by atoms with Gasteiger partial charge in [0.05, 0.1) is 11.4 Å². The fourth-order valence-electron chi connectivity index (χ4n) is 1.69. The maximum Gasteiger partial charge on any atom is 0.243 e. The summed E-state index contributed by atoms with van der Waals surface area (Å²) in [6.45, 7) is 5.30. The Morgan fingerprint density at radius 2 is 1.94 bits per heavy atom. The second-order valence-corrected chi connectivity index (χ2v) is 4.09. The van der Waals surface area contributed by atoms with E-state index in [1.165, 1.54) is 0 Å². The van der Waals surface area contributed by atoms with Gasteiger partial charge in [-0.15, -0.1) is 5.10 Å². The van der Waals surface area contributed by atoms with Gasteiger partial charge in [0, 0.05) is 26.3 Å². The number of ether oxygens (including phenoxy) is 1. The van der Waals surface area contributed by atoms with E-state index >= 15 is 0 Å². The zero-order chi connectivity index (χ0) is 13.4. The van der Waals surface area contributed by atoms with E-state index in [9.17, 15) is 0 Å². The predicted octanol–water partition coefficient (Wildman–Crippen LogP) is 0.772. The van der Waals surface area contributed by atoms with Crippen LogP contribution in [0.1, 0.15) is 31.7 Å². The summed E-state index contributed by atoms with van der Waals surface area (Å²) in [6, 6.07) is 0.115. The number of nitrogens with zero attached hydrogens (tertiary/aromatic N) is 3. The molecule has 1 heterocycles.